The van der Waals surface area contributed by atoms with Crippen LogP contribution in [-0.2, 0) is 10.2 Å². The molecule has 1 aromatic carbocycles. The van der Waals surface area contributed by atoms with Crippen LogP contribution in [0.1, 0.15) is 44.9 Å². The lowest BCUT2D eigenvalue weighted by molar-refractivity contribution is -0.119. The monoisotopic (exact) mass is 262 g/mol. The Bertz CT molecular complexity index is 497. The van der Waals surface area contributed by atoms with Crippen LogP contribution >= 0.6 is 0 Å². The Kier molecular flexibility index (Phi) is 3.65. The van der Waals surface area contributed by atoms with E-state index in [4.69, 9.17) is 5.11 Å². The minimum Gasteiger partial charge on any atom is -0.395 e. The molecule has 0 fully saturated rings. The first kappa shape index (κ1) is 14.0. The number of anilines is 1. The molecule has 1 amide bonds. The highest BCUT2D eigenvalue weighted by molar-refractivity contribution is 6.05. The molecule has 104 valence electrons. The molecule has 0 aliphatic carbocycles. The van der Waals surface area contributed by atoms with Crippen molar-refractivity contribution in [3.63, 3.8) is 0 Å². The van der Waals surface area contributed by atoms with Crippen molar-refractivity contribution in [3.05, 3.63) is 29.3 Å². The summed E-state index contributed by atoms with van der Waals surface area (Å²) in [6.45, 7) is 7.99. The third-order valence-electron chi connectivity index (χ3n) is 3.84. The molecule has 2 rings (SSSR count). The highest BCUT2D eigenvalue weighted by Gasteiger charge is 2.38. The summed E-state index contributed by atoms with van der Waals surface area (Å²) in [6.07, 6.45) is 0. The van der Waals surface area contributed by atoms with Gasteiger partial charge in [-0.2, -0.15) is 0 Å². The number of aliphatic hydroxyl groups excluding tert-OH is 1. The Hall–Kier alpha value is -1.39. The second-order valence-electron chi connectivity index (χ2n) is 5.86. The smallest absolute Gasteiger partial charge is 0.234 e. The standard InChI is InChI=1S/C15H22N2O2/c1-9(8-18)16-10(2)11-5-6-13-12(7-11)15(3,4)14(19)17-13/h5-7,9-10,16,18H,8H2,1-4H3,(H,17,19)/t9-,10?/m1/s1. The van der Waals surface area contributed by atoms with E-state index in [0.717, 1.165) is 16.8 Å². The molecule has 1 aromatic rings. The quantitative estimate of drug-likeness (QED) is 0.777. The summed E-state index contributed by atoms with van der Waals surface area (Å²) in [5, 5.41) is 15.3. The van der Waals surface area contributed by atoms with Crippen LogP contribution in [0.5, 0.6) is 0 Å². The number of rotatable bonds is 4. The highest BCUT2D eigenvalue weighted by Crippen LogP contribution is 2.38. The van der Waals surface area contributed by atoms with Crippen LogP contribution in [0.4, 0.5) is 5.69 Å². The second-order valence-corrected chi connectivity index (χ2v) is 5.86. The summed E-state index contributed by atoms with van der Waals surface area (Å²) in [5.41, 5.74) is 2.60. The Labute approximate surface area is 114 Å². The number of fused-ring (bicyclic) bond motifs is 1. The molecule has 4 heteroatoms. The number of hydrogen-bond donors (Lipinski definition) is 3. The zero-order valence-electron chi connectivity index (χ0n) is 11.9. The van der Waals surface area contributed by atoms with Gasteiger partial charge in [0.2, 0.25) is 5.91 Å². The van der Waals surface area contributed by atoms with Crippen molar-refractivity contribution in [2.45, 2.75) is 45.2 Å². The van der Waals surface area contributed by atoms with Crippen LogP contribution in [0.2, 0.25) is 0 Å². The fourth-order valence-electron chi connectivity index (χ4n) is 2.43. The normalized spacial score (nSPS) is 19.7. The predicted molar refractivity (Wildman–Crippen MR) is 76.2 cm³/mol. The Morgan fingerprint density at radius 3 is 2.68 bits per heavy atom. The number of carbonyl (C=O) groups excluding carboxylic acids is 1. The maximum atomic E-state index is 11.9. The van der Waals surface area contributed by atoms with E-state index in [1.807, 2.05) is 32.9 Å². The van der Waals surface area contributed by atoms with Crippen LogP contribution in [-0.4, -0.2) is 23.7 Å². The van der Waals surface area contributed by atoms with Crippen LogP contribution < -0.4 is 10.6 Å². The average molecular weight is 262 g/mol. The van der Waals surface area contributed by atoms with E-state index in [1.54, 1.807) is 0 Å². The van der Waals surface area contributed by atoms with Gasteiger partial charge in [-0.15, -0.1) is 0 Å². The molecule has 0 saturated carbocycles. The fourth-order valence-corrected chi connectivity index (χ4v) is 2.43. The van der Waals surface area contributed by atoms with Gasteiger partial charge in [0.1, 0.15) is 0 Å². The van der Waals surface area contributed by atoms with Crippen molar-refractivity contribution < 1.29 is 9.90 Å². The number of benzene rings is 1. The number of hydrogen-bond acceptors (Lipinski definition) is 3. The second kappa shape index (κ2) is 4.94. The molecule has 0 aromatic heterocycles. The van der Waals surface area contributed by atoms with Gasteiger partial charge in [-0.3, -0.25) is 4.79 Å². The van der Waals surface area contributed by atoms with E-state index in [9.17, 15) is 4.79 Å². The minimum atomic E-state index is -0.479. The van der Waals surface area contributed by atoms with Crippen molar-refractivity contribution in [1.29, 1.82) is 0 Å². The fraction of sp³-hybridized carbons (Fsp3) is 0.533. The first-order valence-electron chi connectivity index (χ1n) is 6.69. The molecule has 1 unspecified atom stereocenters. The molecule has 1 aliphatic rings. The van der Waals surface area contributed by atoms with Crippen LogP contribution in [0.3, 0.4) is 0 Å². The number of aliphatic hydroxyl groups is 1. The summed E-state index contributed by atoms with van der Waals surface area (Å²) >= 11 is 0. The van der Waals surface area contributed by atoms with E-state index >= 15 is 0 Å². The zero-order chi connectivity index (χ0) is 14.2. The molecule has 4 nitrogen and oxygen atoms in total. The van der Waals surface area contributed by atoms with Gasteiger partial charge < -0.3 is 15.7 Å². The summed E-state index contributed by atoms with van der Waals surface area (Å²) in [4.78, 5) is 11.9. The third-order valence-corrected chi connectivity index (χ3v) is 3.84. The first-order chi connectivity index (χ1) is 8.86. The van der Waals surface area contributed by atoms with E-state index in [0.29, 0.717) is 0 Å². The molecule has 2 atom stereocenters. The Morgan fingerprint density at radius 2 is 2.05 bits per heavy atom. The number of nitrogens with one attached hydrogen (secondary N) is 2. The van der Waals surface area contributed by atoms with Gasteiger partial charge >= 0.3 is 0 Å². The lowest BCUT2D eigenvalue weighted by Gasteiger charge is -2.21. The van der Waals surface area contributed by atoms with Gasteiger partial charge in [-0.05, 0) is 44.9 Å². The van der Waals surface area contributed by atoms with E-state index in [2.05, 4.69) is 23.6 Å². The maximum absolute atomic E-state index is 11.9. The van der Waals surface area contributed by atoms with Crippen LogP contribution in [0, 0.1) is 0 Å². The van der Waals surface area contributed by atoms with Gasteiger partial charge in [-0.25, -0.2) is 0 Å². The summed E-state index contributed by atoms with van der Waals surface area (Å²) in [6, 6.07) is 6.24. The predicted octanol–water partition coefficient (Wildman–Crippen LogP) is 1.95. The summed E-state index contributed by atoms with van der Waals surface area (Å²) in [7, 11) is 0. The van der Waals surface area contributed by atoms with E-state index in [1.165, 1.54) is 0 Å². The largest absolute Gasteiger partial charge is 0.395 e. The molecule has 0 bridgehead atoms. The number of carbonyl (C=O) groups is 1. The highest BCUT2D eigenvalue weighted by atomic mass is 16.3. The zero-order valence-corrected chi connectivity index (χ0v) is 11.9. The molecule has 19 heavy (non-hydrogen) atoms. The van der Waals surface area contributed by atoms with Gasteiger partial charge in [0.05, 0.1) is 12.0 Å². The minimum absolute atomic E-state index is 0.0454. The van der Waals surface area contributed by atoms with Gasteiger partial charge in [0.15, 0.2) is 0 Å². The van der Waals surface area contributed by atoms with Crippen molar-refractivity contribution in [2.75, 3.05) is 11.9 Å². The molecular weight excluding hydrogens is 240 g/mol. The van der Waals surface area contributed by atoms with Gasteiger partial charge in [-0.1, -0.05) is 12.1 Å². The molecule has 0 radical (unpaired) electrons. The molecule has 3 N–H and O–H groups in total. The Morgan fingerprint density at radius 1 is 1.37 bits per heavy atom. The molecule has 0 spiro atoms. The van der Waals surface area contributed by atoms with Gasteiger partial charge in [0, 0.05) is 17.8 Å². The van der Waals surface area contributed by atoms with E-state index in [-0.39, 0.29) is 24.6 Å². The van der Waals surface area contributed by atoms with Crippen molar-refractivity contribution in [1.82, 2.24) is 5.32 Å². The maximum Gasteiger partial charge on any atom is 0.234 e. The van der Waals surface area contributed by atoms with Crippen molar-refractivity contribution in [3.8, 4) is 0 Å². The SMILES string of the molecule is CC(N[C@H](C)CO)c1ccc2c(c1)C(C)(C)C(=O)N2. The van der Waals surface area contributed by atoms with Crippen molar-refractivity contribution >= 4 is 11.6 Å². The van der Waals surface area contributed by atoms with E-state index < -0.39 is 5.41 Å². The average Bonchev–Trinajstić information content (AvgIpc) is 2.60. The van der Waals surface area contributed by atoms with Gasteiger partial charge in [0.25, 0.3) is 0 Å². The summed E-state index contributed by atoms with van der Waals surface area (Å²) < 4.78 is 0. The molecule has 0 saturated heterocycles. The van der Waals surface area contributed by atoms with Crippen LogP contribution in [0.25, 0.3) is 0 Å². The first-order valence-corrected chi connectivity index (χ1v) is 6.69. The third kappa shape index (κ3) is 2.51. The summed E-state index contributed by atoms with van der Waals surface area (Å²) in [5.74, 6) is 0.0454. The molecule has 1 heterocycles. The van der Waals surface area contributed by atoms with Crippen LogP contribution in [0.15, 0.2) is 18.2 Å². The van der Waals surface area contributed by atoms with Crippen molar-refractivity contribution in [2.24, 2.45) is 0 Å². The lowest BCUT2D eigenvalue weighted by atomic mass is 9.85. The molecule has 1 aliphatic heterocycles. The topological polar surface area (TPSA) is 61.4 Å². The Balaban J connectivity index is 2.27. The molecular formula is C15H22N2O2. The lowest BCUT2D eigenvalue weighted by Crippen LogP contribution is -2.32. The number of amides is 1.